The number of nitrogen functional groups attached to an aromatic ring is 1. The summed E-state index contributed by atoms with van der Waals surface area (Å²) in [6, 6.07) is 8.55. The normalized spacial score (nSPS) is 21.4. The first-order valence-corrected chi connectivity index (χ1v) is 5.98. The van der Waals surface area contributed by atoms with Crippen LogP contribution in [0.15, 0.2) is 30.5 Å². The number of fused-ring (bicyclic) bond motifs is 1. The zero-order chi connectivity index (χ0) is 12.0. The van der Waals surface area contributed by atoms with Gasteiger partial charge in [0.2, 0.25) is 0 Å². The second-order valence-corrected chi connectivity index (χ2v) is 5.49. The molecule has 1 fully saturated rings. The van der Waals surface area contributed by atoms with Gasteiger partial charge >= 0.3 is 0 Å². The van der Waals surface area contributed by atoms with Crippen molar-refractivity contribution in [2.75, 3.05) is 11.1 Å². The number of nitrogens with two attached hydrogens (primary N) is 1. The van der Waals surface area contributed by atoms with Gasteiger partial charge in [0.05, 0.1) is 11.2 Å². The zero-order valence-corrected chi connectivity index (χ0v) is 10.2. The van der Waals surface area contributed by atoms with E-state index in [1.807, 2.05) is 18.2 Å². The van der Waals surface area contributed by atoms with Crippen LogP contribution in [0.25, 0.3) is 10.9 Å². The van der Waals surface area contributed by atoms with E-state index in [4.69, 9.17) is 5.73 Å². The van der Waals surface area contributed by atoms with Crippen LogP contribution in [0, 0.1) is 5.41 Å². The molecule has 3 N–H and O–H groups in total. The molecule has 0 saturated heterocycles. The highest BCUT2D eigenvalue weighted by molar-refractivity contribution is 5.98. The van der Waals surface area contributed by atoms with Gasteiger partial charge in [-0.25, -0.2) is 0 Å². The molecule has 88 valence electrons. The molecule has 0 bridgehead atoms. The summed E-state index contributed by atoms with van der Waals surface area (Å²) in [6.45, 7) is 4.56. The third-order valence-corrected chi connectivity index (χ3v) is 3.64. The van der Waals surface area contributed by atoms with Gasteiger partial charge in [0.1, 0.15) is 0 Å². The quantitative estimate of drug-likeness (QED) is 0.775. The van der Waals surface area contributed by atoms with Gasteiger partial charge in [-0.2, -0.15) is 0 Å². The van der Waals surface area contributed by atoms with Gasteiger partial charge in [-0.05, 0) is 36.1 Å². The van der Waals surface area contributed by atoms with Crippen LogP contribution in [0.3, 0.4) is 0 Å². The third kappa shape index (κ3) is 1.71. The third-order valence-electron chi connectivity index (χ3n) is 3.64. The summed E-state index contributed by atoms with van der Waals surface area (Å²) in [5.41, 5.74) is 9.11. The average molecular weight is 227 g/mol. The van der Waals surface area contributed by atoms with E-state index < -0.39 is 0 Å². The highest BCUT2D eigenvalue weighted by Gasteiger charge is 2.45. The molecule has 1 aromatic heterocycles. The molecule has 1 aromatic carbocycles. The lowest BCUT2D eigenvalue weighted by Crippen LogP contribution is -2.09. The van der Waals surface area contributed by atoms with Crippen molar-refractivity contribution in [3.8, 4) is 0 Å². The minimum absolute atomic E-state index is 0.413. The van der Waals surface area contributed by atoms with Crippen molar-refractivity contribution in [3.05, 3.63) is 30.5 Å². The van der Waals surface area contributed by atoms with Crippen LogP contribution in [-0.2, 0) is 0 Å². The topological polar surface area (TPSA) is 50.9 Å². The van der Waals surface area contributed by atoms with Crippen LogP contribution in [0.5, 0.6) is 0 Å². The highest BCUT2D eigenvalue weighted by Crippen LogP contribution is 2.47. The summed E-state index contributed by atoms with van der Waals surface area (Å²) in [6.07, 6.45) is 3.00. The van der Waals surface area contributed by atoms with Crippen molar-refractivity contribution in [2.24, 2.45) is 5.41 Å². The number of anilines is 2. The van der Waals surface area contributed by atoms with Crippen molar-refractivity contribution in [1.29, 1.82) is 0 Å². The Morgan fingerprint density at radius 2 is 2.12 bits per heavy atom. The fraction of sp³-hybridized carbons (Fsp3) is 0.357. The van der Waals surface area contributed by atoms with E-state index in [9.17, 15) is 0 Å². The van der Waals surface area contributed by atoms with Crippen LogP contribution >= 0.6 is 0 Å². The Balaban J connectivity index is 2.03. The molecule has 0 radical (unpaired) electrons. The molecule has 0 spiro atoms. The predicted octanol–water partition coefficient (Wildman–Crippen LogP) is 3.03. The SMILES string of the molecule is CC1(C)CC1Nc1ccc(N)c2ncccc12. The largest absolute Gasteiger partial charge is 0.397 e. The molecule has 2 aromatic rings. The van der Waals surface area contributed by atoms with E-state index in [0.29, 0.717) is 11.5 Å². The summed E-state index contributed by atoms with van der Waals surface area (Å²) in [5, 5.41) is 4.69. The van der Waals surface area contributed by atoms with E-state index >= 15 is 0 Å². The fourth-order valence-corrected chi connectivity index (χ4v) is 2.22. The lowest BCUT2D eigenvalue weighted by molar-refractivity contribution is 0.631. The first-order chi connectivity index (χ1) is 8.08. The van der Waals surface area contributed by atoms with Crippen molar-refractivity contribution in [1.82, 2.24) is 4.98 Å². The molecule has 1 atom stereocenters. The molecule has 3 rings (SSSR count). The smallest absolute Gasteiger partial charge is 0.0951 e. The number of nitrogens with one attached hydrogen (secondary N) is 1. The first-order valence-electron chi connectivity index (χ1n) is 5.98. The molecular weight excluding hydrogens is 210 g/mol. The lowest BCUT2D eigenvalue weighted by Gasteiger charge is -2.12. The first kappa shape index (κ1) is 10.4. The number of pyridine rings is 1. The van der Waals surface area contributed by atoms with E-state index in [1.165, 1.54) is 6.42 Å². The number of rotatable bonds is 2. The Kier molecular flexibility index (Phi) is 2.05. The number of benzene rings is 1. The van der Waals surface area contributed by atoms with Crippen molar-refractivity contribution >= 4 is 22.3 Å². The maximum atomic E-state index is 5.93. The average Bonchev–Trinajstić information content (AvgIpc) is 2.91. The van der Waals surface area contributed by atoms with Crippen LogP contribution in [-0.4, -0.2) is 11.0 Å². The molecule has 1 aliphatic carbocycles. The molecule has 1 aliphatic rings. The van der Waals surface area contributed by atoms with Gasteiger partial charge in [-0.1, -0.05) is 13.8 Å². The van der Waals surface area contributed by atoms with Crippen molar-refractivity contribution in [2.45, 2.75) is 26.3 Å². The Bertz CT molecular complexity index is 575. The summed E-state index contributed by atoms with van der Waals surface area (Å²) in [5.74, 6) is 0. The molecule has 1 heterocycles. The molecule has 1 saturated carbocycles. The molecule has 3 nitrogen and oxygen atoms in total. The predicted molar refractivity (Wildman–Crippen MR) is 72.0 cm³/mol. The summed E-state index contributed by atoms with van der Waals surface area (Å²) in [4.78, 5) is 4.34. The maximum absolute atomic E-state index is 5.93. The molecule has 3 heteroatoms. The Morgan fingerprint density at radius 3 is 2.82 bits per heavy atom. The van der Waals surface area contributed by atoms with Gasteiger partial charge in [0.25, 0.3) is 0 Å². The molecule has 17 heavy (non-hydrogen) atoms. The van der Waals surface area contributed by atoms with E-state index in [-0.39, 0.29) is 0 Å². The molecule has 0 aliphatic heterocycles. The standard InChI is InChI=1S/C14H17N3/c1-14(2)8-12(14)17-11-6-5-10(15)13-9(11)4-3-7-16-13/h3-7,12,17H,8,15H2,1-2H3. The second-order valence-electron chi connectivity index (χ2n) is 5.49. The zero-order valence-electron chi connectivity index (χ0n) is 10.2. The highest BCUT2D eigenvalue weighted by atomic mass is 15.0. The number of hydrogen-bond acceptors (Lipinski definition) is 3. The van der Waals surface area contributed by atoms with E-state index in [2.05, 4.69) is 30.2 Å². The maximum Gasteiger partial charge on any atom is 0.0951 e. The Morgan fingerprint density at radius 1 is 1.35 bits per heavy atom. The van der Waals surface area contributed by atoms with E-state index in [0.717, 1.165) is 22.3 Å². The van der Waals surface area contributed by atoms with Gasteiger partial charge in [0, 0.05) is 23.3 Å². The minimum Gasteiger partial charge on any atom is -0.397 e. The molecule has 1 unspecified atom stereocenters. The number of nitrogens with zero attached hydrogens (tertiary/aromatic N) is 1. The van der Waals surface area contributed by atoms with Gasteiger partial charge < -0.3 is 11.1 Å². The van der Waals surface area contributed by atoms with Crippen molar-refractivity contribution in [3.63, 3.8) is 0 Å². The molecule has 0 amide bonds. The van der Waals surface area contributed by atoms with Gasteiger partial charge in [-0.15, -0.1) is 0 Å². The fourth-order valence-electron chi connectivity index (χ4n) is 2.22. The number of aromatic nitrogens is 1. The lowest BCUT2D eigenvalue weighted by atomic mass is 10.1. The summed E-state index contributed by atoms with van der Waals surface area (Å²) < 4.78 is 0. The van der Waals surface area contributed by atoms with Crippen LogP contribution in [0.2, 0.25) is 0 Å². The van der Waals surface area contributed by atoms with Crippen molar-refractivity contribution < 1.29 is 0 Å². The minimum atomic E-state index is 0.413. The van der Waals surface area contributed by atoms with Gasteiger partial charge in [0.15, 0.2) is 0 Å². The van der Waals surface area contributed by atoms with Crippen LogP contribution in [0.4, 0.5) is 11.4 Å². The Labute approximate surface area is 101 Å². The monoisotopic (exact) mass is 227 g/mol. The van der Waals surface area contributed by atoms with Crippen LogP contribution < -0.4 is 11.1 Å². The van der Waals surface area contributed by atoms with Crippen LogP contribution in [0.1, 0.15) is 20.3 Å². The van der Waals surface area contributed by atoms with E-state index in [1.54, 1.807) is 6.20 Å². The summed E-state index contributed by atoms with van der Waals surface area (Å²) >= 11 is 0. The Hall–Kier alpha value is -1.77. The van der Waals surface area contributed by atoms with Gasteiger partial charge in [-0.3, -0.25) is 4.98 Å². The second kappa shape index (κ2) is 3.36. The number of hydrogen-bond donors (Lipinski definition) is 2. The summed E-state index contributed by atoms with van der Waals surface area (Å²) in [7, 11) is 0. The molecular formula is C14H17N3.